The molecule has 0 aromatic carbocycles. The first-order chi connectivity index (χ1) is 6.81. The molecule has 78 valence electrons. The lowest BCUT2D eigenvalue weighted by Crippen LogP contribution is -2.27. The van der Waals surface area contributed by atoms with Crippen molar-refractivity contribution in [1.29, 1.82) is 0 Å². The standard InChI is InChI=1S/C8H13N3O3/c1-12-4-7-10-8(14-11-7)5-2-13-3-6(5)9/h5-6H,2-4,9H2,1H3. The lowest BCUT2D eigenvalue weighted by Gasteiger charge is -2.05. The van der Waals surface area contributed by atoms with Gasteiger partial charge in [-0.15, -0.1) is 0 Å². The van der Waals surface area contributed by atoms with Crippen molar-refractivity contribution in [3.05, 3.63) is 11.7 Å². The van der Waals surface area contributed by atoms with E-state index in [1.807, 2.05) is 0 Å². The van der Waals surface area contributed by atoms with Crippen LogP contribution in [0.1, 0.15) is 17.6 Å². The van der Waals surface area contributed by atoms with E-state index in [0.29, 0.717) is 31.5 Å². The predicted octanol–water partition coefficient (Wildman–Crippen LogP) is -0.343. The van der Waals surface area contributed by atoms with Gasteiger partial charge in [0.2, 0.25) is 5.89 Å². The Bertz CT molecular complexity index is 302. The van der Waals surface area contributed by atoms with Crippen LogP contribution in [0.5, 0.6) is 0 Å². The monoisotopic (exact) mass is 199 g/mol. The zero-order chi connectivity index (χ0) is 9.97. The largest absolute Gasteiger partial charge is 0.379 e. The molecule has 1 aromatic heterocycles. The normalized spacial score (nSPS) is 27.0. The van der Waals surface area contributed by atoms with Gasteiger partial charge in [-0.05, 0) is 0 Å². The molecule has 14 heavy (non-hydrogen) atoms. The van der Waals surface area contributed by atoms with Crippen LogP contribution in [0.25, 0.3) is 0 Å². The van der Waals surface area contributed by atoms with Crippen molar-refractivity contribution in [1.82, 2.24) is 10.1 Å². The molecule has 2 N–H and O–H groups in total. The molecule has 6 nitrogen and oxygen atoms in total. The average Bonchev–Trinajstić information content (AvgIpc) is 2.74. The third-order valence-corrected chi connectivity index (χ3v) is 2.20. The Kier molecular flexibility index (Phi) is 2.76. The van der Waals surface area contributed by atoms with Crippen molar-refractivity contribution >= 4 is 0 Å². The number of ether oxygens (including phenoxy) is 2. The first-order valence-corrected chi connectivity index (χ1v) is 4.46. The number of rotatable bonds is 3. The fraction of sp³-hybridized carbons (Fsp3) is 0.750. The van der Waals surface area contributed by atoms with Crippen LogP contribution < -0.4 is 5.73 Å². The van der Waals surface area contributed by atoms with Crippen molar-refractivity contribution in [2.45, 2.75) is 18.6 Å². The zero-order valence-electron chi connectivity index (χ0n) is 7.97. The Labute approximate surface area is 81.4 Å². The fourth-order valence-electron chi connectivity index (χ4n) is 1.43. The van der Waals surface area contributed by atoms with Crippen LogP contribution in [0.2, 0.25) is 0 Å². The summed E-state index contributed by atoms with van der Waals surface area (Å²) in [5.74, 6) is 1.11. The molecule has 2 rings (SSSR count). The van der Waals surface area contributed by atoms with Gasteiger partial charge in [-0.25, -0.2) is 0 Å². The van der Waals surface area contributed by atoms with E-state index in [1.54, 1.807) is 7.11 Å². The molecular weight excluding hydrogens is 186 g/mol. The van der Waals surface area contributed by atoms with Gasteiger partial charge < -0.3 is 19.7 Å². The maximum atomic E-state index is 5.81. The van der Waals surface area contributed by atoms with Crippen molar-refractivity contribution in [3.8, 4) is 0 Å². The van der Waals surface area contributed by atoms with E-state index in [-0.39, 0.29) is 12.0 Å². The highest BCUT2D eigenvalue weighted by Gasteiger charge is 2.31. The van der Waals surface area contributed by atoms with E-state index in [9.17, 15) is 0 Å². The summed E-state index contributed by atoms with van der Waals surface area (Å²) >= 11 is 0. The molecule has 0 radical (unpaired) electrons. The third-order valence-electron chi connectivity index (χ3n) is 2.20. The summed E-state index contributed by atoms with van der Waals surface area (Å²) in [6, 6.07) is -0.0501. The average molecular weight is 199 g/mol. The number of hydrogen-bond donors (Lipinski definition) is 1. The molecule has 0 bridgehead atoms. The highest BCUT2D eigenvalue weighted by atomic mass is 16.5. The zero-order valence-corrected chi connectivity index (χ0v) is 7.97. The Morgan fingerprint density at radius 3 is 3.07 bits per heavy atom. The molecule has 0 amide bonds. The second-order valence-electron chi connectivity index (χ2n) is 3.29. The van der Waals surface area contributed by atoms with E-state index in [0.717, 1.165) is 0 Å². The van der Waals surface area contributed by atoms with Gasteiger partial charge in [-0.1, -0.05) is 5.16 Å². The molecule has 0 saturated carbocycles. The Morgan fingerprint density at radius 2 is 2.43 bits per heavy atom. The third kappa shape index (κ3) is 1.77. The summed E-state index contributed by atoms with van der Waals surface area (Å²) in [7, 11) is 1.58. The van der Waals surface area contributed by atoms with Crippen LogP contribution in [-0.2, 0) is 16.1 Å². The number of aromatic nitrogens is 2. The number of methoxy groups -OCH3 is 1. The van der Waals surface area contributed by atoms with Gasteiger partial charge in [0.1, 0.15) is 6.61 Å². The second kappa shape index (κ2) is 4.04. The van der Waals surface area contributed by atoms with E-state index < -0.39 is 0 Å². The summed E-state index contributed by atoms with van der Waals surface area (Å²) in [5.41, 5.74) is 5.81. The molecule has 1 saturated heterocycles. The minimum Gasteiger partial charge on any atom is -0.379 e. The van der Waals surface area contributed by atoms with Crippen LogP contribution in [0, 0.1) is 0 Å². The molecule has 1 fully saturated rings. The van der Waals surface area contributed by atoms with E-state index >= 15 is 0 Å². The molecule has 1 aliphatic heterocycles. The van der Waals surface area contributed by atoms with Gasteiger partial charge in [-0.2, -0.15) is 4.98 Å². The predicted molar refractivity (Wildman–Crippen MR) is 46.5 cm³/mol. The molecule has 0 spiro atoms. The lowest BCUT2D eigenvalue weighted by molar-refractivity contribution is 0.174. The van der Waals surface area contributed by atoms with Gasteiger partial charge in [0.05, 0.1) is 19.1 Å². The van der Waals surface area contributed by atoms with Crippen LogP contribution >= 0.6 is 0 Å². The van der Waals surface area contributed by atoms with Crippen LogP contribution in [0.3, 0.4) is 0 Å². The molecule has 0 aliphatic carbocycles. The van der Waals surface area contributed by atoms with Crippen LogP contribution in [-0.4, -0.2) is 36.5 Å². The van der Waals surface area contributed by atoms with Crippen molar-refractivity contribution < 1.29 is 14.0 Å². The Hall–Kier alpha value is -0.980. The van der Waals surface area contributed by atoms with Gasteiger partial charge in [0.15, 0.2) is 5.82 Å². The maximum Gasteiger partial charge on any atom is 0.233 e. The first-order valence-electron chi connectivity index (χ1n) is 4.46. The van der Waals surface area contributed by atoms with Gasteiger partial charge in [-0.3, -0.25) is 0 Å². The molecule has 2 unspecified atom stereocenters. The van der Waals surface area contributed by atoms with E-state index in [2.05, 4.69) is 10.1 Å². The molecule has 1 aromatic rings. The van der Waals surface area contributed by atoms with Crippen LogP contribution in [0.15, 0.2) is 4.52 Å². The highest BCUT2D eigenvalue weighted by Crippen LogP contribution is 2.22. The SMILES string of the molecule is COCc1noc(C2COCC2N)n1. The summed E-state index contributed by atoms with van der Waals surface area (Å²) in [6.45, 7) is 1.45. The number of hydrogen-bond acceptors (Lipinski definition) is 6. The summed E-state index contributed by atoms with van der Waals surface area (Å²) < 4.78 is 15.2. The quantitative estimate of drug-likeness (QED) is 0.716. The molecule has 6 heteroatoms. The number of nitrogens with zero attached hydrogens (tertiary/aromatic N) is 2. The van der Waals surface area contributed by atoms with Crippen molar-refractivity contribution in [2.24, 2.45) is 5.73 Å². The summed E-state index contributed by atoms with van der Waals surface area (Å²) in [5, 5.41) is 3.76. The number of nitrogens with two attached hydrogens (primary N) is 1. The first kappa shape index (κ1) is 9.57. The summed E-state index contributed by atoms with van der Waals surface area (Å²) in [4.78, 5) is 4.17. The van der Waals surface area contributed by atoms with Crippen molar-refractivity contribution in [2.75, 3.05) is 20.3 Å². The van der Waals surface area contributed by atoms with E-state index in [1.165, 1.54) is 0 Å². The molecular formula is C8H13N3O3. The molecule has 2 atom stereocenters. The Morgan fingerprint density at radius 1 is 1.57 bits per heavy atom. The second-order valence-corrected chi connectivity index (χ2v) is 3.29. The van der Waals surface area contributed by atoms with Gasteiger partial charge in [0.25, 0.3) is 0 Å². The van der Waals surface area contributed by atoms with Crippen LogP contribution in [0.4, 0.5) is 0 Å². The molecule has 2 heterocycles. The van der Waals surface area contributed by atoms with Gasteiger partial charge >= 0.3 is 0 Å². The molecule has 1 aliphatic rings. The lowest BCUT2D eigenvalue weighted by atomic mass is 10.1. The topological polar surface area (TPSA) is 83.4 Å². The fourth-order valence-corrected chi connectivity index (χ4v) is 1.43. The summed E-state index contributed by atoms with van der Waals surface area (Å²) in [6.07, 6.45) is 0. The Balaban J connectivity index is 2.08. The minimum atomic E-state index is -0.0501. The van der Waals surface area contributed by atoms with Gasteiger partial charge in [0, 0.05) is 13.2 Å². The minimum absolute atomic E-state index is 0.0214. The smallest absolute Gasteiger partial charge is 0.233 e. The highest BCUT2D eigenvalue weighted by molar-refractivity contribution is 5.01. The maximum absolute atomic E-state index is 5.81. The van der Waals surface area contributed by atoms with Crippen molar-refractivity contribution in [3.63, 3.8) is 0 Å². The van der Waals surface area contributed by atoms with E-state index in [4.69, 9.17) is 19.7 Å².